The van der Waals surface area contributed by atoms with Crippen LogP contribution >= 0.6 is 0 Å². The molecular formula is C28H25N. The second kappa shape index (κ2) is 7.25. The summed E-state index contributed by atoms with van der Waals surface area (Å²) in [6, 6.07) is 35.2. The number of aromatic nitrogens is 1. The minimum Gasteiger partial charge on any atom is -0.309 e. The van der Waals surface area contributed by atoms with E-state index in [4.69, 9.17) is 0 Å². The van der Waals surface area contributed by atoms with Gasteiger partial charge in [-0.15, -0.1) is 0 Å². The van der Waals surface area contributed by atoms with Crippen LogP contribution in [0, 0.1) is 5.92 Å². The van der Waals surface area contributed by atoms with Crippen molar-refractivity contribution in [3.8, 4) is 16.8 Å². The van der Waals surface area contributed by atoms with Crippen LogP contribution in [0.5, 0.6) is 0 Å². The first-order chi connectivity index (χ1) is 14.2. The average molecular weight is 376 g/mol. The minimum absolute atomic E-state index is 0.669. The van der Waals surface area contributed by atoms with E-state index in [0.29, 0.717) is 5.92 Å². The quantitative estimate of drug-likeness (QED) is 0.304. The molecular weight excluding hydrogens is 350 g/mol. The molecule has 0 saturated heterocycles. The van der Waals surface area contributed by atoms with E-state index in [1.165, 1.54) is 44.2 Å². The van der Waals surface area contributed by atoms with Crippen LogP contribution in [0.3, 0.4) is 0 Å². The van der Waals surface area contributed by atoms with Gasteiger partial charge < -0.3 is 4.57 Å². The molecule has 0 N–H and O–H groups in total. The van der Waals surface area contributed by atoms with Crippen molar-refractivity contribution in [2.24, 2.45) is 5.92 Å². The monoisotopic (exact) mass is 375 g/mol. The van der Waals surface area contributed by atoms with Gasteiger partial charge in [-0.2, -0.15) is 0 Å². The topological polar surface area (TPSA) is 4.93 Å². The zero-order valence-corrected chi connectivity index (χ0v) is 17.0. The van der Waals surface area contributed by atoms with Crippen LogP contribution in [0.15, 0.2) is 97.1 Å². The Bertz CT molecular complexity index is 1240. The second-order valence-corrected chi connectivity index (χ2v) is 8.21. The Labute approximate surface area is 172 Å². The molecule has 0 saturated carbocycles. The van der Waals surface area contributed by atoms with Crippen LogP contribution in [0.1, 0.15) is 19.4 Å². The molecule has 1 nitrogen and oxygen atoms in total. The number of hydrogen-bond donors (Lipinski definition) is 0. The fourth-order valence-corrected chi connectivity index (χ4v) is 4.35. The van der Waals surface area contributed by atoms with Gasteiger partial charge in [-0.3, -0.25) is 0 Å². The first kappa shape index (κ1) is 17.8. The molecule has 0 unspecified atom stereocenters. The molecule has 1 heteroatoms. The van der Waals surface area contributed by atoms with E-state index in [9.17, 15) is 0 Å². The summed E-state index contributed by atoms with van der Waals surface area (Å²) >= 11 is 0. The molecule has 1 aromatic heterocycles. The highest BCUT2D eigenvalue weighted by Gasteiger charge is 2.11. The molecule has 29 heavy (non-hydrogen) atoms. The molecule has 0 aliphatic rings. The maximum Gasteiger partial charge on any atom is 0.0541 e. The molecule has 0 aliphatic heterocycles. The normalized spacial score (nSPS) is 11.6. The van der Waals surface area contributed by atoms with Crippen molar-refractivity contribution >= 4 is 21.8 Å². The van der Waals surface area contributed by atoms with Gasteiger partial charge in [0, 0.05) is 16.5 Å². The SMILES string of the molecule is CC(C)Cc1cccc(-c2ccc(-n3c4ccccc4c4ccccc43)cc2)c1. The van der Waals surface area contributed by atoms with Gasteiger partial charge in [0.25, 0.3) is 0 Å². The van der Waals surface area contributed by atoms with Crippen molar-refractivity contribution in [2.75, 3.05) is 0 Å². The summed E-state index contributed by atoms with van der Waals surface area (Å²) in [6.07, 6.45) is 1.12. The van der Waals surface area contributed by atoms with E-state index < -0.39 is 0 Å². The largest absolute Gasteiger partial charge is 0.309 e. The molecule has 5 rings (SSSR count). The van der Waals surface area contributed by atoms with Crippen molar-refractivity contribution in [1.29, 1.82) is 0 Å². The zero-order valence-electron chi connectivity index (χ0n) is 17.0. The third kappa shape index (κ3) is 3.23. The summed E-state index contributed by atoms with van der Waals surface area (Å²) in [7, 11) is 0. The maximum atomic E-state index is 2.36. The van der Waals surface area contributed by atoms with Gasteiger partial charge in [0.05, 0.1) is 11.0 Å². The standard InChI is InChI=1S/C28H25N/c1-20(2)18-21-8-7-9-23(19-21)22-14-16-24(17-15-22)29-27-12-5-3-10-25(27)26-11-4-6-13-28(26)29/h3-17,19-20H,18H2,1-2H3. The summed E-state index contributed by atoms with van der Waals surface area (Å²) < 4.78 is 2.36. The third-order valence-corrected chi connectivity index (χ3v) is 5.61. The minimum atomic E-state index is 0.669. The Morgan fingerprint density at radius 3 is 1.86 bits per heavy atom. The molecule has 5 aromatic rings. The van der Waals surface area contributed by atoms with Gasteiger partial charge in [-0.05, 0) is 53.3 Å². The molecule has 0 atom stereocenters. The molecule has 0 radical (unpaired) electrons. The van der Waals surface area contributed by atoms with Crippen LogP contribution in [-0.2, 0) is 6.42 Å². The van der Waals surface area contributed by atoms with Crippen molar-refractivity contribution in [2.45, 2.75) is 20.3 Å². The van der Waals surface area contributed by atoms with Gasteiger partial charge in [-0.1, -0.05) is 86.6 Å². The second-order valence-electron chi connectivity index (χ2n) is 8.21. The van der Waals surface area contributed by atoms with Crippen molar-refractivity contribution in [1.82, 2.24) is 4.57 Å². The lowest BCUT2D eigenvalue weighted by atomic mass is 9.98. The first-order valence-electron chi connectivity index (χ1n) is 10.4. The summed E-state index contributed by atoms with van der Waals surface area (Å²) in [5.74, 6) is 0.669. The Kier molecular flexibility index (Phi) is 4.44. The molecule has 0 bridgehead atoms. The van der Waals surface area contributed by atoms with Crippen LogP contribution in [-0.4, -0.2) is 4.57 Å². The van der Waals surface area contributed by atoms with Crippen molar-refractivity contribution < 1.29 is 0 Å². The van der Waals surface area contributed by atoms with Crippen LogP contribution < -0.4 is 0 Å². The zero-order chi connectivity index (χ0) is 19.8. The maximum absolute atomic E-state index is 2.36. The lowest BCUT2D eigenvalue weighted by Crippen LogP contribution is -1.95. The lowest BCUT2D eigenvalue weighted by Gasteiger charge is -2.11. The molecule has 4 aromatic carbocycles. The third-order valence-electron chi connectivity index (χ3n) is 5.61. The summed E-state index contributed by atoms with van der Waals surface area (Å²) in [5.41, 5.74) is 7.66. The molecule has 0 aliphatic carbocycles. The van der Waals surface area contributed by atoms with Gasteiger partial charge in [0.15, 0.2) is 0 Å². The average Bonchev–Trinajstić information content (AvgIpc) is 3.08. The predicted molar refractivity (Wildman–Crippen MR) is 125 cm³/mol. The molecule has 1 heterocycles. The van der Waals surface area contributed by atoms with Crippen molar-refractivity contribution in [3.05, 3.63) is 103 Å². The van der Waals surface area contributed by atoms with E-state index in [-0.39, 0.29) is 0 Å². The van der Waals surface area contributed by atoms with E-state index in [1.807, 2.05) is 0 Å². The fraction of sp³-hybridized carbons (Fsp3) is 0.143. The number of fused-ring (bicyclic) bond motifs is 3. The highest BCUT2D eigenvalue weighted by molar-refractivity contribution is 6.09. The van der Waals surface area contributed by atoms with Gasteiger partial charge >= 0.3 is 0 Å². The predicted octanol–water partition coefficient (Wildman–Crippen LogP) is 7.65. The smallest absolute Gasteiger partial charge is 0.0541 e. The number of nitrogens with zero attached hydrogens (tertiary/aromatic N) is 1. The highest BCUT2D eigenvalue weighted by Crippen LogP contribution is 2.32. The molecule has 0 fully saturated rings. The summed E-state index contributed by atoms with van der Waals surface area (Å²) in [5, 5.41) is 2.60. The number of hydrogen-bond acceptors (Lipinski definition) is 0. The summed E-state index contributed by atoms with van der Waals surface area (Å²) in [4.78, 5) is 0. The van der Waals surface area contributed by atoms with Gasteiger partial charge in [0.2, 0.25) is 0 Å². The van der Waals surface area contributed by atoms with Crippen LogP contribution in [0.2, 0.25) is 0 Å². The number of benzene rings is 4. The highest BCUT2D eigenvalue weighted by atomic mass is 15.0. The molecule has 142 valence electrons. The molecule has 0 spiro atoms. The van der Waals surface area contributed by atoms with E-state index in [0.717, 1.165) is 6.42 Å². The van der Waals surface area contributed by atoms with Crippen LogP contribution in [0.25, 0.3) is 38.6 Å². The lowest BCUT2D eigenvalue weighted by molar-refractivity contribution is 0.647. The number of rotatable bonds is 4. The number of para-hydroxylation sites is 2. The Hall–Kier alpha value is -3.32. The van der Waals surface area contributed by atoms with E-state index in [2.05, 4.69) is 115 Å². The van der Waals surface area contributed by atoms with Crippen LogP contribution in [0.4, 0.5) is 0 Å². The van der Waals surface area contributed by atoms with Gasteiger partial charge in [-0.25, -0.2) is 0 Å². The van der Waals surface area contributed by atoms with Gasteiger partial charge in [0.1, 0.15) is 0 Å². The fourth-order valence-electron chi connectivity index (χ4n) is 4.35. The van der Waals surface area contributed by atoms with Crippen molar-refractivity contribution in [3.63, 3.8) is 0 Å². The van der Waals surface area contributed by atoms with E-state index >= 15 is 0 Å². The summed E-state index contributed by atoms with van der Waals surface area (Å²) in [6.45, 7) is 4.54. The first-order valence-corrected chi connectivity index (χ1v) is 10.4. The Balaban J connectivity index is 1.59. The Morgan fingerprint density at radius 2 is 1.24 bits per heavy atom. The van der Waals surface area contributed by atoms with E-state index in [1.54, 1.807) is 0 Å². The Morgan fingerprint density at radius 1 is 0.621 bits per heavy atom. The molecule has 0 amide bonds.